The quantitative estimate of drug-likeness (QED) is 0.729. The molecule has 1 aliphatic heterocycles. The van der Waals surface area contributed by atoms with Crippen LogP contribution in [0.15, 0.2) is 15.8 Å². The van der Waals surface area contributed by atoms with Crippen LogP contribution in [0.2, 0.25) is 0 Å². The zero-order valence-corrected chi connectivity index (χ0v) is 10.3. The van der Waals surface area contributed by atoms with Gasteiger partial charge in [-0.25, -0.2) is 9.59 Å². The van der Waals surface area contributed by atoms with Crippen molar-refractivity contribution in [3.63, 3.8) is 0 Å². The van der Waals surface area contributed by atoms with E-state index in [2.05, 4.69) is 0 Å². The van der Waals surface area contributed by atoms with Crippen LogP contribution in [0.25, 0.3) is 0 Å². The van der Waals surface area contributed by atoms with E-state index in [0.29, 0.717) is 19.6 Å². The summed E-state index contributed by atoms with van der Waals surface area (Å²) >= 11 is 0. The van der Waals surface area contributed by atoms with E-state index in [-0.39, 0.29) is 6.54 Å². The number of carbonyl (C=O) groups is 1. The van der Waals surface area contributed by atoms with Gasteiger partial charge in [0, 0.05) is 26.3 Å². The standard InChI is InChI=1S/C11H14N2O6/c1-18-11(2-3-19-6-11)5-13-4-7(9(15)16)8(14)12-10(13)17/h4H,2-3,5-6H2,1H3,(H,15,16)(H,12,14,17). The van der Waals surface area contributed by atoms with Gasteiger partial charge in [-0.05, 0) is 0 Å². The summed E-state index contributed by atoms with van der Waals surface area (Å²) in [7, 11) is 1.50. The van der Waals surface area contributed by atoms with Crippen LogP contribution in [-0.2, 0) is 16.0 Å². The number of aromatic nitrogens is 2. The monoisotopic (exact) mass is 270 g/mol. The van der Waals surface area contributed by atoms with Gasteiger partial charge in [0.25, 0.3) is 5.56 Å². The molecule has 1 fully saturated rings. The van der Waals surface area contributed by atoms with Gasteiger partial charge < -0.3 is 14.6 Å². The molecule has 0 amide bonds. The number of ether oxygens (including phenoxy) is 2. The second kappa shape index (κ2) is 4.98. The van der Waals surface area contributed by atoms with Crippen molar-refractivity contribution in [2.75, 3.05) is 20.3 Å². The Hall–Kier alpha value is -1.93. The van der Waals surface area contributed by atoms with Crippen molar-refractivity contribution < 1.29 is 19.4 Å². The predicted molar refractivity (Wildman–Crippen MR) is 63.5 cm³/mol. The van der Waals surface area contributed by atoms with Gasteiger partial charge in [-0.3, -0.25) is 14.3 Å². The molecule has 1 aromatic heterocycles. The highest BCUT2D eigenvalue weighted by Gasteiger charge is 2.36. The summed E-state index contributed by atoms with van der Waals surface area (Å²) in [5, 5.41) is 8.87. The molecule has 19 heavy (non-hydrogen) atoms. The van der Waals surface area contributed by atoms with E-state index in [1.165, 1.54) is 7.11 Å². The number of nitrogens with one attached hydrogen (secondary N) is 1. The van der Waals surface area contributed by atoms with Gasteiger partial charge in [0.2, 0.25) is 0 Å². The summed E-state index contributed by atoms with van der Waals surface area (Å²) < 4.78 is 11.7. The molecule has 1 unspecified atom stereocenters. The van der Waals surface area contributed by atoms with Crippen molar-refractivity contribution in [1.29, 1.82) is 0 Å². The Morgan fingerprint density at radius 3 is 2.89 bits per heavy atom. The van der Waals surface area contributed by atoms with Gasteiger partial charge >= 0.3 is 11.7 Å². The van der Waals surface area contributed by atoms with Crippen LogP contribution in [0.3, 0.4) is 0 Å². The third kappa shape index (κ3) is 2.59. The maximum Gasteiger partial charge on any atom is 0.342 e. The van der Waals surface area contributed by atoms with E-state index in [9.17, 15) is 14.4 Å². The summed E-state index contributed by atoms with van der Waals surface area (Å²) in [4.78, 5) is 35.9. The van der Waals surface area contributed by atoms with Gasteiger partial charge in [0.15, 0.2) is 0 Å². The predicted octanol–water partition coefficient (Wildman–Crippen LogP) is -0.960. The summed E-state index contributed by atoms with van der Waals surface area (Å²) in [6, 6.07) is 0. The fourth-order valence-electron chi connectivity index (χ4n) is 2.03. The second-order valence-electron chi connectivity index (χ2n) is 4.42. The lowest BCUT2D eigenvalue weighted by Gasteiger charge is -2.26. The van der Waals surface area contributed by atoms with Crippen LogP contribution >= 0.6 is 0 Å². The topological polar surface area (TPSA) is 111 Å². The Bertz CT molecular complexity index is 596. The molecule has 1 atom stereocenters. The lowest BCUT2D eigenvalue weighted by Crippen LogP contribution is -2.43. The minimum Gasteiger partial charge on any atom is -0.477 e. The van der Waals surface area contributed by atoms with Gasteiger partial charge in [-0.2, -0.15) is 0 Å². The van der Waals surface area contributed by atoms with Crippen LogP contribution in [-0.4, -0.2) is 46.6 Å². The zero-order chi connectivity index (χ0) is 14.0. The van der Waals surface area contributed by atoms with Crippen molar-refractivity contribution in [3.05, 3.63) is 32.6 Å². The van der Waals surface area contributed by atoms with Crippen molar-refractivity contribution in [2.24, 2.45) is 0 Å². The Kier molecular flexibility index (Phi) is 3.54. The van der Waals surface area contributed by atoms with Crippen molar-refractivity contribution in [3.8, 4) is 0 Å². The molecule has 0 spiro atoms. The molecule has 0 aromatic carbocycles. The largest absolute Gasteiger partial charge is 0.477 e. The van der Waals surface area contributed by atoms with E-state index in [0.717, 1.165) is 10.8 Å². The maximum atomic E-state index is 11.7. The zero-order valence-electron chi connectivity index (χ0n) is 10.3. The molecule has 2 N–H and O–H groups in total. The SMILES string of the molecule is COC1(Cn2cc(C(=O)O)c(=O)[nH]c2=O)CCOC1. The molecule has 0 saturated carbocycles. The van der Waals surface area contributed by atoms with Crippen LogP contribution in [0.5, 0.6) is 0 Å². The van der Waals surface area contributed by atoms with E-state index >= 15 is 0 Å². The Labute approximate surface area is 107 Å². The Morgan fingerprint density at radius 1 is 1.63 bits per heavy atom. The summed E-state index contributed by atoms with van der Waals surface area (Å²) in [5.41, 5.74) is -2.73. The van der Waals surface area contributed by atoms with Crippen LogP contribution in [0, 0.1) is 0 Å². The third-order valence-electron chi connectivity index (χ3n) is 3.20. The molecule has 1 saturated heterocycles. The fraction of sp³-hybridized carbons (Fsp3) is 0.545. The maximum absolute atomic E-state index is 11.7. The van der Waals surface area contributed by atoms with Gasteiger partial charge in [-0.15, -0.1) is 0 Å². The molecule has 0 radical (unpaired) electrons. The molecule has 1 aliphatic rings. The molecular weight excluding hydrogens is 256 g/mol. The minimum absolute atomic E-state index is 0.124. The lowest BCUT2D eigenvalue weighted by molar-refractivity contribution is -0.0304. The number of H-pyrrole nitrogens is 1. The van der Waals surface area contributed by atoms with Crippen LogP contribution in [0.1, 0.15) is 16.8 Å². The van der Waals surface area contributed by atoms with Gasteiger partial charge in [0.1, 0.15) is 11.2 Å². The summed E-state index contributed by atoms with van der Waals surface area (Å²) in [6.45, 7) is 0.953. The third-order valence-corrected chi connectivity index (χ3v) is 3.20. The van der Waals surface area contributed by atoms with E-state index < -0.39 is 28.4 Å². The smallest absolute Gasteiger partial charge is 0.342 e. The summed E-state index contributed by atoms with van der Waals surface area (Å²) in [5.74, 6) is -1.39. The number of hydrogen-bond donors (Lipinski definition) is 2. The first kappa shape index (κ1) is 13.5. The van der Waals surface area contributed by atoms with Gasteiger partial charge in [0.05, 0.1) is 13.2 Å². The van der Waals surface area contributed by atoms with Crippen molar-refractivity contribution in [1.82, 2.24) is 9.55 Å². The molecule has 8 nitrogen and oxygen atoms in total. The molecule has 104 valence electrons. The number of aromatic carboxylic acids is 1. The Balaban J connectivity index is 2.40. The number of rotatable bonds is 4. The summed E-state index contributed by atoms with van der Waals surface area (Å²) in [6.07, 6.45) is 1.63. The Morgan fingerprint density at radius 2 is 2.37 bits per heavy atom. The normalized spacial score (nSPS) is 22.6. The fourth-order valence-corrected chi connectivity index (χ4v) is 2.03. The van der Waals surface area contributed by atoms with Gasteiger partial charge in [-0.1, -0.05) is 0 Å². The molecule has 2 heterocycles. The molecule has 1 aromatic rings. The average Bonchev–Trinajstić information content (AvgIpc) is 2.81. The first-order valence-corrected chi connectivity index (χ1v) is 5.67. The van der Waals surface area contributed by atoms with E-state index in [4.69, 9.17) is 14.6 Å². The van der Waals surface area contributed by atoms with Crippen LogP contribution < -0.4 is 11.2 Å². The van der Waals surface area contributed by atoms with E-state index in [1.807, 2.05) is 4.98 Å². The number of methoxy groups -OCH3 is 1. The lowest BCUT2D eigenvalue weighted by atomic mass is 10.0. The number of hydrogen-bond acceptors (Lipinski definition) is 5. The highest BCUT2D eigenvalue weighted by Crippen LogP contribution is 2.23. The first-order valence-electron chi connectivity index (χ1n) is 5.67. The van der Waals surface area contributed by atoms with Crippen molar-refractivity contribution >= 4 is 5.97 Å². The average molecular weight is 270 g/mol. The number of carboxylic acids is 1. The molecule has 8 heteroatoms. The van der Waals surface area contributed by atoms with E-state index in [1.54, 1.807) is 0 Å². The number of aromatic amines is 1. The van der Waals surface area contributed by atoms with Crippen LogP contribution in [0.4, 0.5) is 0 Å². The molecule has 2 rings (SSSR count). The molecule has 0 aliphatic carbocycles. The van der Waals surface area contributed by atoms with Crippen molar-refractivity contribution in [2.45, 2.75) is 18.6 Å². The first-order chi connectivity index (χ1) is 8.97. The highest BCUT2D eigenvalue weighted by molar-refractivity contribution is 5.86. The number of nitrogens with zero attached hydrogens (tertiary/aromatic N) is 1. The second-order valence-corrected chi connectivity index (χ2v) is 4.42. The number of carboxylic acid groups (broad SMARTS) is 1. The highest BCUT2D eigenvalue weighted by atomic mass is 16.5. The molecule has 0 bridgehead atoms. The minimum atomic E-state index is -1.39. The molecular formula is C11H14N2O6.